The van der Waals surface area contributed by atoms with Crippen LogP contribution in [0.25, 0.3) is 10.9 Å². The molecule has 5 heterocycles. The second kappa shape index (κ2) is 12.3. The zero-order valence-corrected chi connectivity index (χ0v) is 24.8. The number of H-pyrrole nitrogens is 1. The molecule has 1 amide bonds. The SMILES string of the molecule is C#CC(=O)N1CCN(c2nc(OCC3CCCN3C)nc3c2CCN(c2c(C)ccc4[nH]ncc24)CC3)CC1/C=C/C#N. The van der Waals surface area contributed by atoms with Gasteiger partial charge in [0, 0.05) is 62.2 Å². The van der Waals surface area contributed by atoms with Gasteiger partial charge in [0.15, 0.2) is 0 Å². The van der Waals surface area contributed by atoms with E-state index in [-0.39, 0.29) is 11.9 Å². The average molecular weight is 580 g/mol. The second-order valence-corrected chi connectivity index (χ2v) is 11.5. The number of aryl methyl sites for hydroxylation is 1. The molecule has 0 aliphatic carbocycles. The van der Waals surface area contributed by atoms with E-state index in [1.54, 1.807) is 11.0 Å². The molecule has 0 spiro atoms. The number of carbonyl (C=O) groups is 1. The van der Waals surface area contributed by atoms with Gasteiger partial charge >= 0.3 is 6.01 Å². The number of amides is 1. The van der Waals surface area contributed by atoms with Crippen molar-refractivity contribution in [1.82, 2.24) is 30.0 Å². The van der Waals surface area contributed by atoms with E-state index in [0.717, 1.165) is 73.3 Å². The maximum Gasteiger partial charge on any atom is 0.318 e. The third-order valence-corrected chi connectivity index (χ3v) is 8.99. The molecule has 2 unspecified atom stereocenters. The van der Waals surface area contributed by atoms with Gasteiger partial charge in [-0.2, -0.15) is 20.3 Å². The molecule has 43 heavy (non-hydrogen) atoms. The number of fused-ring (bicyclic) bond motifs is 2. The molecule has 3 aromatic rings. The third-order valence-electron chi connectivity index (χ3n) is 8.99. The number of anilines is 2. The van der Waals surface area contributed by atoms with Crippen LogP contribution in [0.5, 0.6) is 6.01 Å². The van der Waals surface area contributed by atoms with Crippen LogP contribution in [0, 0.1) is 30.6 Å². The van der Waals surface area contributed by atoms with Gasteiger partial charge in [-0.05, 0) is 63.4 Å². The minimum atomic E-state index is -0.377. The Balaban J connectivity index is 1.33. The number of hydrogen-bond acceptors (Lipinski definition) is 9. The number of nitrogens with one attached hydrogen (secondary N) is 1. The van der Waals surface area contributed by atoms with Crippen molar-refractivity contribution in [2.24, 2.45) is 0 Å². The summed E-state index contributed by atoms with van der Waals surface area (Å²) in [6.07, 6.45) is 14.3. The number of ether oxygens (including phenoxy) is 1. The Morgan fingerprint density at radius 1 is 1.19 bits per heavy atom. The molecule has 0 saturated carbocycles. The topological polar surface area (TPSA) is 118 Å². The summed E-state index contributed by atoms with van der Waals surface area (Å²) in [7, 11) is 2.13. The number of likely N-dealkylation sites (N-methyl/N-ethyl adjacent to an activating group) is 1. The van der Waals surface area contributed by atoms with E-state index in [4.69, 9.17) is 21.1 Å². The summed E-state index contributed by atoms with van der Waals surface area (Å²) in [5.74, 6) is 2.69. The fourth-order valence-corrected chi connectivity index (χ4v) is 6.66. The smallest absolute Gasteiger partial charge is 0.318 e. The highest BCUT2D eigenvalue weighted by atomic mass is 16.5. The lowest BCUT2D eigenvalue weighted by Crippen LogP contribution is -2.54. The van der Waals surface area contributed by atoms with Crippen LogP contribution < -0.4 is 14.5 Å². The Labute approximate surface area is 252 Å². The van der Waals surface area contributed by atoms with Crippen LogP contribution >= 0.6 is 0 Å². The van der Waals surface area contributed by atoms with Gasteiger partial charge in [0.1, 0.15) is 12.4 Å². The monoisotopic (exact) mass is 579 g/mol. The summed E-state index contributed by atoms with van der Waals surface area (Å²) in [4.78, 5) is 31.1. The summed E-state index contributed by atoms with van der Waals surface area (Å²) in [6, 6.07) is 6.65. The number of nitriles is 1. The first-order chi connectivity index (χ1) is 21.0. The number of rotatable bonds is 6. The number of aromatic amines is 1. The van der Waals surface area contributed by atoms with Crippen LogP contribution in [0.1, 0.15) is 29.7 Å². The van der Waals surface area contributed by atoms with Crippen LogP contribution in [-0.4, -0.2) is 101 Å². The zero-order valence-electron chi connectivity index (χ0n) is 24.8. The minimum absolute atomic E-state index is 0.345. The maximum atomic E-state index is 12.5. The molecule has 0 bridgehead atoms. The number of benzene rings is 1. The van der Waals surface area contributed by atoms with E-state index in [1.807, 2.05) is 12.3 Å². The first kappa shape index (κ1) is 28.5. The van der Waals surface area contributed by atoms with Gasteiger partial charge < -0.3 is 24.3 Å². The molecule has 3 aliphatic heterocycles. The van der Waals surface area contributed by atoms with Crippen molar-refractivity contribution in [3.8, 4) is 24.4 Å². The molecule has 2 atom stereocenters. The number of aromatic nitrogens is 4. The molecule has 2 saturated heterocycles. The number of likely N-dealkylation sites (tertiary alicyclic amines) is 1. The van der Waals surface area contributed by atoms with Gasteiger partial charge in [-0.15, -0.1) is 6.42 Å². The molecular weight excluding hydrogens is 542 g/mol. The molecule has 1 aromatic carbocycles. The largest absolute Gasteiger partial charge is 0.462 e. The Morgan fingerprint density at radius 2 is 2.05 bits per heavy atom. The second-order valence-electron chi connectivity index (χ2n) is 11.5. The number of piperazine rings is 1. The molecule has 2 aromatic heterocycles. The molecule has 3 aliphatic rings. The van der Waals surface area contributed by atoms with Crippen LogP contribution in [-0.2, 0) is 17.6 Å². The molecule has 11 nitrogen and oxygen atoms in total. The summed E-state index contributed by atoms with van der Waals surface area (Å²) >= 11 is 0. The molecule has 222 valence electrons. The van der Waals surface area contributed by atoms with Crippen LogP contribution in [0.15, 0.2) is 30.5 Å². The number of allylic oxidation sites excluding steroid dienone is 1. The van der Waals surface area contributed by atoms with E-state index >= 15 is 0 Å². The van der Waals surface area contributed by atoms with Gasteiger partial charge in [-0.1, -0.05) is 6.07 Å². The quantitative estimate of drug-likeness (QED) is 0.347. The Kier molecular flexibility index (Phi) is 8.17. The average Bonchev–Trinajstić information content (AvgIpc) is 3.61. The summed E-state index contributed by atoms with van der Waals surface area (Å²) in [5, 5.41) is 17.7. The Morgan fingerprint density at radius 3 is 2.84 bits per heavy atom. The van der Waals surface area contributed by atoms with E-state index in [2.05, 4.69) is 56.9 Å². The number of terminal acetylenes is 1. The molecule has 11 heteroatoms. The maximum absolute atomic E-state index is 12.5. The highest BCUT2D eigenvalue weighted by molar-refractivity contribution is 5.94. The lowest BCUT2D eigenvalue weighted by molar-refractivity contribution is -0.126. The highest BCUT2D eigenvalue weighted by Gasteiger charge is 2.32. The van der Waals surface area contributed by atoms with Crippen LogP contribution in [0.4, 0.5) is 11.5 Å². The van der Waals surface area contributed by atoms with Crippen molar-refractivity contribution in [2.75, 3.05) is 62.7 Å². The number of nitrogens with zero attached hydrogens (tertiary/aromatic N) is 8. The lowest BCUT2D eigenvalue weighted by Gasteiger charge is -2.40. The minimum Gasteiger partial charge on any atom is -0.462 e. The van der Waals surface area contributed by atoms with Crippen molar-refractivity contribution in [3.05, 3.63) is 47.3 Å². The van der Waals surface area contributed by atoms with E-state index < -0.39 is 0 Å². The van der Waals surface area contributed by atoms with Gasteiger partial charge in [0.2, 0.25) is 0 Å². The first-order valence-electron chi connectivity index (χ1n) is 15.0. The van der Waals surface area contributed by atoms with E-state index in [1.165, 1.54) is 17.3 Å². The van der Waals surface area contributed by atoms with Gasteiger partial charge in [0.25, 0.3) is 5.91 Å². The number of hydrogen-bond donors (Lipinski definition) is 1. The van der Waals surface area contributed by atoms with Crippen LogP contribution in [0.2, 0.25) is 0 Å². The molecule has 2 fully saturated rings. The van der Waals surface area contributed by atoms with Gasteiger partial charge in [-0.3, -0.25) is 9.89 Å². The third kappa shape index (κ3) is 5.73. The highest BCUT2D eigenvalue weighted by Crippen LogP contribution is 2.34. The summed E-state index contributed by atoms with van der Waals surface area (Å²) in [6.45, 7) is 6.82. The van der Waals surface area contributed by atoms with Crippen molar-refractivity contribution >= 4 is 28.3 Å². The van der Waals surface area contributed by atoms with Crippen molar-refractivity contribution < 1.29 is 9.53 Å². The fourth-order valence-electron chi connectivity index (χ4n) is 6.66. The molecular formula is C32H37N9O2. The molecule has 0 radical (unpaired) electrons. The van der Waals surface area contributed by atoms with Crippen molar-refractivity contribution in [3.63, 3.8) is 0 Å². The number of carbonyl (C=O) groups excluding carboxylic acids is 1. The van der Waals surface area contributed by atoms with Crippen LogP contribution in [0.3, 0.4) is 0 Å². The van der Waals surface area contributed by atoms with E-state index in [9.17, 15) is 10.1 Å². The predicted octanol–water partition coefficient (Wildman–Crippen LogP) is 2.47. The van der Waals surface area contributed by atoms with Crippen molar-refractivity contribution in [1.29, 1.82) is 5.26 Å². The van der Waals surface area contributed by atoms with Crippen molar-refractivity contribution in [2.45, 2.75) is 44.7 Å². The van der Waals surface area contributed by atoms with E-state index in [0.29, 0.717) is 38.3 Å². The van der Waals surface area contributed by atoms with Gasteiger partial charge in [0.05, 0.1) is 35.2 Å². The first-order valence-corrected chi connectivity index (χ1v) is 15.0. The molecule has 6 rings (SSSR count). The normalized spacial score (nSPS) is 21.1. The van der Waals surface area contributed by atoms with Gasteiger partial charge in [-0.25, -0.2) is 0 Å². The Bertz CT molecular complexity index is 1620. The zero-order chi connectivity index (χ0) is 29.9. The summed E-state index contributed by atoms with van der Waals surface area (Å²) < 4.78 is 6.28. The predicted molar refractivity (Wildman–Crippen MR) is 165 cm³/mol. The molecule has 1 N–H and O–H groups in total. The standard InChI is InChI=1S/C32H37N9O2/c1-4-29(42)41-18-17-40(20-23(41)7-5-13-33)31-25-11-15-39(30-22(2)9-10-28-26(30)19-34-37-28)16-12-27(25)35-32(36-31)43-21-24-8-6-14-38(24)3/h1,5,7,9-10,19,23-24H,6,8,11-12,14-18,20-21H2,2-3H3,(H,34,37)/b7-5+. The Hall–Kier alpha value is -4.61. The fraction of sp³-hybridized carbons (Fsp3) is 0.469. The summed E-state index contributed by atoms with van der Waals surface area (Å²) in [5.41, 5.74) is 5.51. The lowest BCUT2D eigenvalue weighted by atomic mass is 10.1.